The van der Waals surface area contributed by atoms with Crippen molar-refractivity contribution in [3.8, 4) is 0 Å². The summed E-state index contributed by atoms with van der Waals surface area (Å²) in [5.41, 5.74) is 1.70. The van der Waals surface area contributed by atoms with Crippen molar-refractivity contribution >= 4 is 34.8 Å². The molecule has 0 saturated carbocycles. The van der Waals surface area contributed by atoms with Gasteiger partial charge in [-0.05, 0) is 30.2 Å². The fourth-order valence-corrected chi connectivity index (χ4v) is 3.49. The lowest BCUT2D eigenvalue weighted by atomic mass is 10.1. The number of rotatable bonds is 5. The molecule has 3 aromatic rings. The third-order valence-electron chi connectivity index (χ3n) is 4.76. The highest BCUT2D eigenvalue weighted by atomic mass is 16.3. The van der Waals surface area contributed by atoms with Crippen LogP contribution in [0.25, 0.3) is 17.0 Å². The third kappa shape index (κ3) is 3.59. The minimum atomic E-state index is -0.754. The largest absolute Gasteiger partial charge is 0.467 e. The van der Waals surface area contributed by atoms with E-state index in [-0.39, 0.29) is 12.1 Å². The van der Waals surface area contributed by atoms with Crippen LogP contribution in [0, 0.1) is 5.92 Å². The number of hydrogen-bond donors (Lipinski definition) is 1. The molecule has 0 bridgehead atoms. The molecule has 4 rings (SSSR count). The molecule has 1 aromatic carbocycles. The second-order valence-corrected chi connectivity index (χ2v) is 7.44. The van der Waals surface area contributed by atoms with E-state index in [1.165, 1.54) is 6.26 Å². The Morgan fingerprint density at radius 3 is 2.62 bits per heavy atom. The molecular formula is C22H21N3O4. The monoisotopic (exact) mass is 391 g/mol. The van der Waals surface area contributed by atoms with E-state index in [4.69, 9.17) is 4.42 Å². The zero-order valence-corrected chi connectivity index (χ0v) is 16.2. The standard InChI is InChI=1S/C22H21N3O4/c1-14(2)11-24-12-15(17-7-3-4-8-19(17)24)10-18-20(26)23-22(28)25(21(18)27)13-16-6-5-9-29-16/h3-10,12,14H,11,13H2,1-2H3,(H,23,26,28)/b18-10+. The predicted molar refractivity (Wildman–Crippen MR) is 108 cm³/mol. The van der Waals surface area contributed by atoms with Crippen LogP contribution in [0.5, 0.6) is 0 Å². The van der Waals surface area contributed by atoms with E-state index in [1.807, 2.05) is 30.5 Å². The first-order valence-corrected chi connectivity index (χ1v) is 9.43. The van der Waals surface area contributed by atoms with E-state index < -0.39 is 17.8 Å². The van der Waals surface area contributed by atoms with Gasteiger partial charge in [0.25, 0.3) is 11.8 Å². The highest BCUT2D eigenvalue weighted by molar-refractivity contribution is 6.31. The normalized spacial score (nSPS) is 16.3. The lowest BCUT2D eigenvalue weighted by Gasteiger charge is -2.25. The molecular weight excluding hydrogens is 370 g/mol. The average molecular weight is 391 g/mol. The van der Waals surface area contributed by atoms with Gasteiger partial charge in [-0.25, -0.2) is 4.79 Å². The number of urea groups is 1. The van der Waals surface area contributed by atoms with E-state index in [2.05, 4.69) is 23.7 Å². The molecule has 7 heteroatoms. The molecule has 29 heavy (non-hydrogen) atoms. The zero-order chi connectivity index (χ0) is 20.5. The topological polar surface area (TPSA) is 84.6 Å². The van der Waals surface area contributed by atoms with Crippen LogP contribution >= 0.6 is 0 Å². The van der Waals surface area contributed by atoms with Crippen molar-refractivity contribution in [1.82, 2.24) is 14.8 Å². The minimum Gasteiger partial charge on any atom is -0.467 e. The molecule has 1 aliphatic heterocycles. The number of para-hydroxylation sites is 1. The van der Waals surface area contributed by atoms with Crippen molar-refractivity contribution in [2.24, 2.45) is 5.92 Å². The first-order chi connectivity index (χ1) is 13.9. The summed E-state index contributed by atoms with van der Waals surface area (Å²) in [6.45, 7) is 5.02. The molecule has 0 atom stereocenters. The second-order valence-electron chi connectivity index (χ2n) is 7.44. The lowest BCUT2D eigenvalue weighted by Crippen LogP contribution is -2.53. The summed E-state index contributed by atoms with van der Waals surface area (Å²) in [5.74, 6) is -0.449. The van der Waals surface area contributed by atoms with Gasteiger partial charge in [0.1, 0.15) is 11.3 Å². The Labute approximate surface area is 167 Å². The minimum absolute atomic E-state index is 0.0443. The van der Waals surface area contributed by atoms with Gasteiger partial charge in [0.05, 0.1) is 12.8 Å². The van der Waals surface area contributed by atoms with Crippen LogP contribution in [0.15, 0.2) is 58.8 Å². The molecule has 1 fully saturated rings. The number of fused-ring (bicyclic) bond motifs is 1. The molecule has 148 valence electrons. The van der Waals surface area contributed by atoms with Crippen molar-refractivity contribution in [2.45, 2.75) is 26.9 Å². The molecule has 4 amide bonds. The summed E-state index contributed by atoms with van der Waals surface area (Å²) >= 11 is 0. The number of imide groups is 2. The van der Waals surface area contributed by atoms with Crippen molar-refractivity contribution in [3.63, 3.8) is 0 Å². The molecule has 3 heterocycles. The Kier molecular flexibility index (Phi) is 4.80. The zero-order valence-electron chi connectivity index (χ0n) is 16.2. The Morgan fingerprint density at radius 2 is 1.90 bits per heavy atom. The van der Waals surface area contributed by atoms with Crippen LogP contribution in [0.3, 0.4) is 0 Å². The molecule has 1 saturated heterocycles. The number of benzene rings is 1. The summed E-state index contributed by atoms with van der Waals surface area (Å²) < 4.78 is 7.34. The number of nitrogens with one attached hydrogen (secondary N) is 1. The van der Waals surface area contributed by atoms with E-state index in [9.17, 15) is 14.4 Å². The van der Waals surface area contributed by atoms with Crippen molar-refractivity contribution in [1.29, 1.82) is 0 Å². The van der Waals surface area contributed by atoms with Crippen LogP contribution in [-0.2, 0) is 22.7 Å². The number of carbonyl (C=O) groups excluding carboxylic acids is 3. The number of barbiturate groups is 1. The van der Waals surface area contributed by atoms with Gasteiger partial charge in [-0.1, -0.05) is 32.0 Å². The van der Waals surface area contributed by atoms with Gasteiger partial charge in [-0.3, -0.25) is 19.8 Å². The van der Waals surface area contributed by atoms with Crippen LogP contribution in [0.4, 0.5) is 4.79 Å². The predicted octanol–water partition coefficient (Wildman–Crippen LogP) is 3.55. The Hall–Kier alpha value is -3.61. The Bertz CT molecular complexity index is 1120. The number of furan rings is 1. The fraction of sp³-hybridized carbons (Fsp3) is 0.227. The maximum absolute atomic E-state index is 12.9. The summed E-state index contributed by atoms with van der Waals surface area (Å²) in [4.78, 5) is 38.5. The van der Waals surface area contributed by atoms with E-state index in [1.54, 1.807) is 18.2 Å². The fourth-order valence-electron chi connectivity index (χ4n) is 3.49. The van der Waals surface area contributed by atoms with Gasteiger partial charge in [0.2, 0.25) is 0 Å². The van der Waals surface area contributed by atoms with E-state index in [0.29, 0.717) is 11.7 Å². The molecule has 1 N–H and O–H groups in total. The van der Waals surface area contributed by atoms with Crippen molar-refractivity contribution in [2.75, 3.05) is 0 Å². The molecule has 0 unspecified atom stereocenters. The summed E-state index contributed by atoms with van der Waals surface area (Å²) in [7, 11) is 0. The first-order valence-electron chi connectivity index (χ1n) is 9.43. The van der Waals surface area contributed by atoms with Crippen LogP contribution < -0.4 is 5.32 Å². The number of nitrogens with zero attached hydrogens (tertiary/aromatic N) is 2. The van der Waals surface area contributed by atoms with Crippen LogP contribution in [-0.4, -0.2) is 27.3 Å². The molecule has 0 spiro atoms. The summed E-state index contributed by atoms with van der Waals surface area (Å²) in [5, 5.41) is 3.18. The molecule has 0 aliphatic carbocycles. The van der Waals surface area contributed by atoms with E-state index >= 15 is 0 Å². The first kappa shape index (κ1) is 18.7. The van der Waals surface area contributed by atoms with E-state index in [0.717, 1.165) is 27.9 Å². The third-order valence-corrected chi connectivity index (χ3v) is 4.76. The quantitative estimate of drug-likeness (QED) is 0.532. The smallest absolute Gasteiger partial charge is 0.331 e. The molecule has 0 radical (unpaired) electrons. The van der Waals surface area contributed by atoms with Gasteiger partial charge in [-0.15, -0.1) is 0 Å². The highest BCUT2D eigenvalue weighted by Gasteiger charge is 2.36. The van der Waals surface area contributed by atoms with Gasteiger partial charge in [0.15, 0.2) is 0 Å². The maximum atomic E-state index is 12.9. The van der Waals surface area contributed by atoms with Crippen molar-refractivity contribution < 1.29 is 18.8 Å². The van der Waals surface area contributed by atoms with Gasteiger partial charge < -0.3 is 8.98 Å². The number of carbonyl (C=O) groups is 3. The Balaban J connectivity index is 1.74. The van der Waals surface area contributed by atoms with Gasteiger partial charge >= 0.3 is 6.03 Å². The summed E-state index contributed by atoms with van der Waals surface area (Å²) in [6.07, 6.45) is 4.96. The second kappa shape index (κ2) is 7.43. The highest BCUT2D eigenvalue weighted by Crippen LogP contribution is 2.26. The van der Waals surface area contributed by atoms with Crippen LogP contribution in [0.2, 0.25) is 0 Å². The molecule has 1 aliphatic rings. The number of hydrogen-bond acceptors (Lipinski definition) is 4. The Morgan fingerprint density at radius 1 is 1.10 bits per heavy atom. The summed E-state index contributed by atoms with van der Waals surface area (Å²) in [6, 6.07) is 10.4. The maximum Gasteiger partial charge on any atom is 0.331 e. The van der Waals surface area contributed by atoms with Crippen LogP contribution in [0.1, 0.15) is 25.2 Å². The van der Waals surface area contributed by atoms with Gasteiger partial charge in [-0.2, -0.15) is 0 Å². The number of aromatic nitrogens is 1. The number of amides is 4. The molecule has 7 nitrogen and oxygen atoms in total. The SMILES string of the molecule is CC(C)Cn1cc(/C=C2\C(=O)NC(=O)N(Cc3ccco3)C2=O)c2ccccc21. The molecule has 2 aromatic heterocycles. The lowest BCUT2D eigenvalue weighted by molar-refractivity contribution is -0.130. The van der Waals surface area contributed by atoms with Gasteiger partial charge in [0, 0.05) is 29.2 Å². The van der Waals surface area contributed by atoms with Crippen molar-refractivity contribution in [3.05, 3.63) is 65.8 Å². The average Bonchev–Trinajstić information content (AvgIpc) is 3.30.